The van der Waals surface area contributed by atoms with E-state index in [0.29, 0.717) is 0 Å². The van der Waals surface area contributed by atoms with Crippen molar-refractivity contribution in [3.05, 3.63) is 36.7 Å². The Balaban J connectivity index is 0.000000451. The highest BCUT2D eigenvalue weighted by Gasteiger charge is 2.48. The average Bonchev–Trinajstić information content (AvgIpc) is 3.87. The number of Topliss-reactive ketones (excluding diaryl/α,β-unsaturated/α-hetero) is 1. The third-order valence-corrected chi connectivity index (χ3v) is 11.3. The number of hydrogen-bond acceptors (Lipinski definition) is 23. The van der Waals surface area contributed by atoms with E-state index in [2.05, 4.69) is 19.3 Å². The second-order valence-corrected chi connectivity index (χ2v) is 16.4. The standard InChI is InChI=1S/C21H29N7O14P2.C5H9NO4.C5H6O5/c22-17-12-19(25-7-24-17)28(8-26-12)21-16(32)14(30)11(41-21)6-39-44(36,37)42-43(34,35)38-5-10-13(29)15(31)20(40-10)27-3-1-2-9(4-27)18(23)33;2*6-3(5(9)10)1-2-4(7)8/h1,3-4,7-8,10-11,13-16,20-21,29-32H,2,5-6H2,(H2,23,33)(H,34,35)(H,36,37)(H2,22,24,25);3H,1-2,6H2,(H,7,8)(H,9,10);1-2H2,(H,7,8)(H,9,10)/t10-,11-,13-,14-,15-,16-,20-,21-;;/m1../s1. The molecule has 2 saturated heterocycles. The number of amides is 1. The Morgan fingerprint density at radius 1 is 0.812 bits per heavy atom. The van der Waals surface area contributed by atoms with Gasteiger partial charge in [0, 0.05) is 30.8 Å². The maximum Gasteiger partial charge on any atom is 0.481 e. The molecule has 16 N–H and O–H groups in total. The van der Waals surface area contributed by atoms with Crippen LogP contribution >= 0.6 is 15.6 Å². The van der Waals surface area contributed by atoms with Crippen LogP contribution in [0.4, 0.5) is 5.82 Å². The van der Waals surface area contributed by atoms with Crippen molar-refractivity contribution in [2.24, 2.45) is 11.5 Å². The van der Waals surface area contributed by atoms with Crippen molar-refractivity contribution in [1.82, 2.24) is 24.4 Å². The molecule has 3 aliphatic heterocycles. The molecule has 5 heterocycles. The summed E-state index contributed by atoms with van der Waals surface area (Å²) in [5.41, 5.74) is 16.6. The van der Waals surface area contributed by atoms with Crippen LogP contribution in [-0.2, 0) is 60.7 Å². The maximum absolute atomic E-state index is 12.4. The summed E-state index contributed by atoms with van der Waals surface area (Å²) in [6, 6.07) is -1.06. The van der Waals surface area contributed by atoms with Gasteiger partial charge in [0.25, 0.3) is 0 Å². The van der Waals surface area contributed by atoms with Crippen LogP contribution in [0.5, 0.6) is 0 Å². The van der Waals surface area contributed by atoms with Gasteiger partial charge in [-0.05, 0) is 12.8 Å². The van der Waals surface area contributed by atoms with Crippen molar-refractivity contribution < 1.29 is 111 Å². The molecule has 33 heteroatoms. The Morgan fingerprint density at radius 2 is 1.36 bits per heavy atom. The number of primary amides is 1. The van der Waals surface area contributed by atoms with Gasteiger partial charge in [0.1, 0.15) is 54.5 Å². The van der Waals surface area contributed by atoms with Gasteiger partial charge in [-0.3, -0.25) is 37.6 Å². The Bertz CT molecular complexity index is 2190. The number of aliphatic hydroxyl groups is 4. The first kappa shape index (κ1) is 53.0. The van der Waals surface area contributed by atoms with Gasteiger partial charge in [0.15, 0.2) is 23.9 Å². The number of ketones is 1. The van der Waals surface area contributed by atoms with E-state index in [4.69, 9.17) is 56.1 Å². The van der Waals surface area contributed by atoms with Crippen LogP contribution in [0.1, 0.15) is 38.3 Å². The fourth-order valence-electron chi connectivity index (χ4n) is 5.41. The summed E-state index contributed by atoms with van der Waals surface area (Å²) < 4.78 is 50.8. The largest absolute Gasteiger partial charge is 0.481 e. The summed E-state index contributed by atoms with van der Waals surface area (Å²) in [4.78, 5) is 94.2. The number of phosphoric acid groups is 2. The summed E-state index contributed by atoms with van der Waals surface area (Å²) in [5.74, 6) is -6.68. The molecule has 0 saturated carbocycles. The van der Waals surface area contributed by atoms with Crippen molar-refractivity contribution in [2.75, 3.05) is 18.9 Å². The number of nitrogens with two attached hydrogens (primary N) is 3. The minimum Gasteiger partial charge on any atom is -0.481 e. The number of carbonyl (C=O) groups excluding carboxylic acids is 2. The van der Waals surface area contributed by atoms with Crippen molar-refractivity contribution in [3.63, 3.8) is 0 Å². The number of ether oxygens (including phenoxy) is 2. The van der Waals surface area contributed by atoms with Crippen LogP contribution in [0.3, 0.4) is 0 Å². The highest BCUT2D eigenvalue weighted by molar-refractivity contribution is 7.61. The molecular weight excluding hydrogens is 914 g/mol. The number of carboxylic acid groups (broad SMARTS) is 4. The molecule has 0 radical (unpaired) electrons. The Morgan fingerprint density at radius 3 is 1.88 bits per heavy atom. The molecule has 0 bridgehead atoms. The molecule has 0 spiro atoms. The Kier molecular flexibility index (Phi) is 19.0. The lowest BCUT2D eigenvalue weighted by atomic mass is 10.1. The molecule has 1 amide bonds. The highest BCUT2D eigenvalue weighted by atomic mass is 31.3. The van der Waals surface area contributed by atoms with E-state index in [9.17, 15) is 68.1 Å². The summed E-state index contributed by atoms with van der Waals surface area (Å²) in [5, 5.41) is 73.9. The number of nitrogens with zero attached hydrogens (tertiary/aromatic N) is 5. The molecule has 3 unspecified atom stereocenters. The second-order valence-electron chi connectivity index (χ2n) is 13.3. The van der Waals surface area contributed by atoms with Gasteiger partial charge in [0.05, 0.1) is 26.0 Å². The number of aromatic nitrogens is 4. The van der Waals surface area contributed by atoms with Gasteiger partial charge >= 0.3 is 39.5 Å². The van der Waals surface area contributed by atoms with Gasteiger partial charge in [-0.15, -0.1) is 0 Å². The van der Waals surface area contributed by atoms with E-state index in [0.717, 1.165) is 6.33 Å². The Hall–Kier alpha value is -5.37. The van der Waals surface area contributed by atoms with Crippen LogP contribution < -0.4 is 17.2 Å². The fraction of sp³-hybridized carbons (Fsp3) is 0.516. The van der Waals surface area contributed by atoms with Crippen LogP contribution in [0, 0.1) is 0 Å². The summed E-state index contributed by atoms with van der Waals surface area (Å²) in [7, 11) is -10.7. The predicted molar refractivity (Wildman–Crippen MR) is 204 cm³/mol. The smallest absolute Gasteiger partial charge is 0.481 e. The minimum atomic E-state index is -5.37. The molecule has 11 atom stereocenters. The van der Waals surface area contributed by atoms with E-state index in [1.165, 1.54) is 28.2 Å². The molecule has 0 aliphatic carbocycles. The van der Waals surface area contributed by atoms with E-state index in [-0.39, 0.29) is 41.8 Å². The lowest BCUT2D eigenvalue weighted by Gasteiger charge is -2.28. The predicted octanol–water partition coefficient (Wildman–Crippen LogP) is -3.92. The van der Waals surface area contributed by atoms with E-state index in [1.54, 1.807) is 6.08 Å². The normalized spacial score (nSPS) is 26.2. The molecular formula is C31H44N8O23P2. The molecule has 31 nitrogen and oxygen atoms in total. The molecule has 2 aromatic rings. The highest BCUT2D eigenvalue weighted by Crippen LogP contribution is 2.60. The summed E-state index contributed by atoms with van der Waals surface area (Å²) in [6.45, 7) is -1.79. The lowest BCUT2D eigenvalue weighted by Crippen LogP contribution is -2.40. The van der Waals surface area contributed by atoms with Crippen molar-refractivity contribution >= 4 is 68.2 Å². The first-order valence-corrected chi connectivity index (χ1v) is 21.0. The number of anilines is 1. The van der Waals surface area contributed by atoms with Crippen LogP contribution in [0.15, 0.2) is 36.7 Å². The van der Waals surface area contributed by atoms with Gasteiger partial charge < -0.3 is 82.2 Å². The number of hydrogen-bond donors (Lipinski definition) is 13. The number of fused-ring (bicyclic) bond motifs is 1. The first-order valence-electron chi connectivity index (χ1n) is 18.0. The average molecular weight is 959 g/mol. The van der Waals surface area contributed by atoms with Crippen LogP contribution in [0.2, 0.25) is 0 Å². The number of aliphatic hydroxyl groups excluding tert-OH is 4. The summed E-state index contributed by atoms with van der Waals surface area (Å²) >= 11 is 0. The van der Waals surface area contributed by atoms with E-state index >= 15 is 0 Å². The molecule has 2 aromatic heterocycles. The fourth-order valence-corrected chi connectivity index (χ4v) is 7.50. The van der Waals surface area contributed by atoms with Gasteiger partial charge in [-0.25, -0.2) is 28.9 Å². The zero-order chi connectivity index (χ0) is 48.3. The number of allylic oxidation sites excluding steroid dienone is 1. The van der Waals surface area contributed by atoms with E-state index in [1.807, 2.05) is 0 Å². The number of nitrogen functional groups attached to an aromatic ring is 1. The molecule has 0 aromatic carbocycles. The number of aliphatic carboxylic acids is 4. The first-order chi connectivity index (χ1) is 29.7. The second kappa shape index (κ2) is 23.0. The summed E-state index contributed by atoms with van der Waals surface area (Å²) in [6.07, 6.45) is -5.97. The molecule has 64 heavy (non-hydrogen) atoms. The van der Waals surface area contributed by atoms with Gasteiger partial charge in [-0.2, -0.15) is 4.31 Å². The van der Waals surface area contributed by atoms with Crippen molar-refractivity contribution in [3.8, 4) is 0 Å². The maximum atomic E-state index is 12.4. The minimum absolute atomic E-state index is 0.0231. The van der Waals surface area contributed by atoms with Crippen LogP contribution in [-0.4, -0.2) is 173 Å². The van der Waals surface area contributed by atoms with Crippen molar-refractivity contribution in [1.29, 1.82) is 0 Å². The number of phosphoric ester groups is 2. The third kappa shape index (κ3) is 15.1. The number of rotatable bonds is 19. The molecule has 356 valence electrons. The molecule has 3 aliphatic rings. The molecule has 5 rings (SSSR count). The van der Waals surface area contributed by atoms with Crippen molar-refractivity contribution in [2.45, 2.75) is 87.2 Å². The van der Waals surface area contributed by atoms with Gasteiger partial charge in [0.2, 0.25) is 11.7 Å². The number of carbonyl (C=O) groups is 6. The molecule has 2 fully saturated rings. The number of carboxylic acids is 4. The van der Waals surface area contributed by atoms with E-state index < -0.39 is 132 Å². The monoisotopic (exact) mass is 958 g/mol. The zero-order valence-electron chi connectivity index (χ0n) is 32.7. The lowest BCUT2D eigenvalue weighted by molar-refractivity contribution is -0.150. The SMILES string of the molecule is NC(=O)C1=CN([C@@H]2O[C@H](COP(=O)(O)OP(=O)(O)OC[C@H]3O[C@@H](n4cnc5c(N)ncnc54)[C@H](O)[C@@H]3O)[C@@H](O)[C@H]2O)C=CC1.NC(CCC(=O)O)C(=O)O.O=C(O)CCC(=O)C(=O)O. The quantitative estimate of drug-likeness (QED) is 0.0472. The zero-order valence-corrected chi connectivity index (χ0v) is 34.5. The third-order valence-electron chi connectivity index (χ3n) is 8.67. The number of imidazole rings is 1. The Labute approximate surface area is 358 Å². The van der Waals surface area contributed by atoms with Gasteiger partial charge in [-0.1, -0.05) is 6.08 Å². The topological polar surface area (TPSA) is 510 Å². The van der Waals surface area contributed by atoms with Crippen LogP contribution in [0.25, 0.3) is 11.2 Å².